The van der Waals surface area contributed by atoms with Crippen LogP contribution >= 0.6 is 0 Å². The quantitative estimate of drug-likeness (QED) is 0.413. The summed E-state index contributed by atoms with van der Waals surface area (Å²) in [6.45, 7) is 3.66. The van der Waals surface area contributed by atoms with Crippen LogP contribution in [0.5, 0.6) is 0 Å². The number of nitrogens with one attached hydrogen (secondary N) is 2. The number of nitrogens with two attached hydrogens (primary N) is 1. The fourth-order valence-electron chi connectivity index (χ4n) is 2.25. The highest BCUT2D eigenvalue weighted by Crippen LogP contribution is 2.40. The maximum Gasteiger partial charge on any atom is 0.293 e. The van der Waals surface area contributed by atoms with Gasteiger partial charge in [-0.2, -0.15) is 0 Å². The van der Waals surface area contributed by atoms with Crippen molar-refractivity contribution in [2.24, 2.45) is 11.8 Å². The van der Waals surface area contributed by atoms with E-state index in [2.05, 4.69) is 10.1 Å². The molecule has 0 spiro atoms. The average molecular weight is 314 g/mol. The summed E-state index contributed by atoms with van der Waals surface area (Å²) in [5, 5.41) is 10.8. The highest BCUT2D eigenvalue weighted by atomic mass is 32.2. The van der Waals surface area contributed by atoms with Crippen LogP contribution in [0.3, 0.4) is 0 Å². The Labute approximate surface area is 122 Å². The molecule has 1 aromatic rings. The molecule has 9 heteroatoms. The third kappa shape index (κ3) is 3.31. The highest BCUT2D eigenvalue weighted by Gasteiger charge is 2.40. The molecule has 4 N–H and O–H groups in total. The maximum absolute atomic E-state index is 12.4. The third-order valence-corrected chi connectivity index (χ3v) is 5.30. The van der Waals surface area contributed by atoms with E-state index in [1.54, 1.807) is 0 Å². The summed E-state index contributed by atoms with van der Waals surface area (Å²) in [6, 6.07) is 3.47. The van der Waals surface area contributed by atoms with Crippen molar-refractivity contribution in [3.63, 3.8) is 0 Å². The van der Waals surface area contributed by atoms with Gasteiger partial charge in [0.25, 0.3) is 5.69 Å². The minimum absolute atomic E-state index is 0.0490. The fraction of sp³-hybridized carbons (Fsp3) is 0.500. The van der Waals surface area contributed by atoms with E-state index in [0.29, 0.717) is 5.92 Å². The van der Waals surface area contributed by atoms with E-state index in [-0.39, 0.29) is 16.3 Å². The van der Waals surface area contributed by atoms with E-state index in [1.165, 1.54) is 6.07 Å². The van der Waals surface area contributed by atoms with E-state index >= 15 is 0 Å². The first-order chi connectivity index (χ1) is 9.67. The van der Waals surface area contributed by atoms with Gasteiger partial charge in [-0.25, -0.2) is 13.1 Å². The third-order valence-electron chi connectivity index (χ3n) is 3.63. The molecule has 0 bridgehead atoms. The topological polar surface area (TPSA) is 127 Å². The number of hydrogen-bond donors (Lipinski definition) is 3. The monoisotopic (exact) mass is 314 g/mol. The lowest BCUT2D eigenvalue weighted by Crippen LogP contribution is -2.45. The van der Waals surface area contributed by atoms with Gasteiger partial charge in [-0.1, -0.05) is 0 Å². The molecule has 1 aromatic carbocycles. The lowest BCUT2D eigenvalue weighted by molar-refractivity contribution is -0.384. The van der Waals surface area contributed by atoms with Gasteiger partial charge in [-0.05, 0) is 44.7 Å². The summed E-state index contributed by atoms with van der Waals surface area (Å²) in [7, 11) is -3.77. The summed E-state index contributed by atoms with van der Waals surface area (Å²) >= 11 is 0. The van der Waals surface area contributed by atoms with Gasteiger partial charge in [0.1, 0.15) is 5.69 Å². The van der Waals surface area contributed by atoms with Gasteiger partial charge < -0.3 is 5.43 Å². The Morgan fingerprint density at radius 3 is 2.48 bits per heavy atom. The summed E-state index contributed by atoms with van der Waals surface area (Å²) in [5.74, 6) is 5.53. The predicted octanol–water partition coefficient (Wildman–Crippen LogP) is 1.35. The Hall–Kier alpha value is -1.71. The molecule has 1 saturated carbocycles. The molecule has 0 atom stereocenters. The molecule has 0 aliphatic heterocycles. The molecule has 21 heavy (non-hydrogen) atoms. The number of rotatable bonds is 6. The lowest BCUT2D eigenvalue weighted by atomic mass is 10.0. The number of anilines is 1. The predicted molar refractivity (Wildman–Crippen MR) is 78.0 cm³/mol. The van der Waals surface area contributed by atoms with Crippen molar-refractivity contribution < 1.29 is 13.3 Å². The number of benzene rings is 1. The van der Waals surface area contributed by atoms with Crippen LogP contribution in [-0.2, 0) is 10.0 Å². The minimum atomic E-state index is -3.77. The van der Waals surface area contributed by atoms with Gasteiger partial charge in [0, 0.05) is 11.6 Å². The van der Waals surface area contributed by atoms with Gasteiger partial charge in [-0.15, -0.1) is 0 Å². The van der Waals surface area contributed by atoms with E-state index in [0.717, 1.165) is 25.0 Å². The van der Waals surface area contributed by atoms with Crippen LogP contribution in [0.2, 0.25) is 0 Å². The second-order valence-electron chi connectivity index (χ2n) is 5.68. The normalized spacial score (nSPS) is 15.8. The molecule has 0 amide bonds. The Balaban J connectivity index is 2.34. The molecular weight excluding hydrogens is 296 g/mol. The molecule has 116 valence electrons. The highest BCUT2D eigenvalue weighted by molar-refractivity contribution is 7.89. The molecular formula is C12H18N4O4S. The molecule has 0 radical (unpaired) electrons. The van der Waals surface area contributed by atoms with Crippen molar-refractivity contribution in [3.05, 3.63) is 28.3 Å². The van der Waals surface area contributed by atoms with Crippen LogP contribution in [0.4, 0.5) is 11.4 Å². The summed E-state index contributed by atoms with van der Waals surface area (Å²) < 4.78 is 27.4. The number of nitrogen functional groups attached to an aromatic ring is 1. The van der Waals surface area contributed by atoms with Crippen LogP contribution in [-0.4, -0.2) is 18.9 Å². The Morgan fingerprint density at radius 1 is 1.38 bits per heavy atom. The van der Waals surface area contributed by atoms with Crippen molar-refractivity contribution >= 4 is 21.4 Å². The van der Waals surface area contributed by atoms with Gasteiger partial charge in [0.05, 0.1) is 9.82 Å². The zero-order valence-corrected chi connectivity index (χ0v) is 12.6. The molecule has 1 fully saturated rings. The number of nitrogens with zero attached hydrogens (tertiary/aromatic N) is 1. The molecule has 1 aliphatic carbocycles. The van der Waals surface area contributed by atoms with Crippen LogP contribution < -0.4 is 16.0 Å². The second kappa shape index (κ2) is 5.24. The number of sulfonamides is 1. The van der Waals surface area contributed by atoms with E-state index in [4.69, 9.17) is 5.84 Å². The van der Waals surface area contributed by atoms with Crippen molar-refractivity contribution in [1.29, 1.82) is 0 Å². The Kier molecular flexibility index (Phi) is 3.91. The van der Waals surface area contributed by atoms with Gasteiger partial charge in [0.2, 0.25) is 10.0 Å². The number of hydrogen-bond acceptors (Lipinski definition) is 6. The van der Waals surface area contributed by atoms with E-state index in [1.807, 2.05) is 13.8 Å². The number of nitro benzene ring substituents is 1. The molecule has 8 nitrogen and oxygen atoms in total. The average Bonchev–Trinajstić information content (AvgIpc) is 3.21. The van der Waals surface area contributed by atoms with Crippen molar-refractivity contribution in [1.82, 2.24) is 4.72 Å². The van der Waals surface area contributed by atoms with Gasteiger partial charge in [-0.3, -0.25) is 16.0 Å². The standard InChI is InChI=1S/C12H18N4O4S/c1-12(2,8-3-4-8)15-21(19,20)9-5-6-11(16(17)18)10(7-9)14-13/h5-8,14-15H,3-4,13H2,1-2H3. The Morgan fingerprint density at radius 2 is 2.00 bits per heavy atom. The summed E-state index contributed by atoms with van der Waals surface area (Å²) in [4.78, 5) is 10.1. The van der Waals surface area contributed by atoms with Crippen LogP contribution in [0.1, 0.15) is 26.7 Å². The molecule has 0 saturated heterocycles. The van der Waals surface area contributed by atoms with Crippen LogP contribution in [0, 0.1) is 16.0 Å². The van der Waals surface area contributed by atoms with Crippen LogP contribution in [0.15, 0.2) is 23.1 Å². The zero-order chi connectivity index (χ0) is 15.8. The van der Waals surface area contributed by atoms with Gasteiger partial charge >= 0.3 is 0 Å². The van der Waals surface area contributed by atoms with E-state index in [9.17, 15) is 18.5 Å². The summed E-state index contributed by atoms with van der Waals surface area (Å²) in [6.07, 6.45) is 1.98. The summed E-state index contributed by atoms with van der Waals surface area (Å²) in [5.41, 5.74) is 1.28. The largest absolute Gasteiger partial charge is 0.318 e. The lowest BCUT2D eigenvalue weighted by Gasteiger charge is -2.25. The molecule has 1 aliphatic rings. The second-order valence-corrected chi connectivity index (χ2v) is 7.36. The van der Waals surface area contributed by atoms with Crippen molar-refractivity contribution in [3.8, 4) is 0 Å². The maximum atomic E-state index is 12.4. The smallest absolute Gasteiger partial charge is 0.293 e. The van der Waals surface area contributed by atoms with Gasteiger partial charge in [0.15, 0.2) is 0 Å². The molecule has 0 unspecified atom stereocenters. The first-order valence-corrected chi connectivity index (χ1v) is 7.95. The van der Waals surface area contributed by atoms with E-state index < -0.39 is 20.5 Å². The molecule has 0 aromatic heterocycles. The number of hydrazine groups is 1. The van der Waals surface area contributed by atoms with Crippen molar-refractivity contribution in [2.45, 2.75) is 37.1 Å². The zero-order valence-electron chi connectivity index (χ0n) is 11.8. The molecule has 0 heterocycles. The Bertz CT molecular complexity index is 668. The van der Waals surface area contributed by atoms with Crippen molar-refractivity contribution in [2.75, 3.05) is 5.43 Å². The first kappa shape index (κ1) is 15.7. The molecule has 2 rings (SSSR count). The fourth-order valence-corrected chi connectivity index (χ4v) is 3.75. The number of nitro groups is 1. The van der Waals surface area contributed by atoms with Crippen LogP contribution in [0.25, 0.3) is 0 Å². The first-order valence-electron chi connectivity index (χ1n) is 6.46. The SMILES string of the molecule is CC(C)(NS(=O)(=O)c1ccc([N+](=O)[O-])c(NN)c1)C1CC1. The minimum Gasteiger partial charge on any atom is -0.318 e.